The molecule has 0 spiro atoms. The van der Waals surface area contributed by atoms with Gasteiger partial charge in [-0.15, -0.1) is 0 Å². The number of nitrogens with one attached hydrogen (secondary N) is 1. The smallest absolute Gasteiger partial charge is 0.251 e. The molecule has 1 aliphatic heterocycles. The second-order valence-corrected chi connectivity index (χ2v) is 6.89. The van der Waals surface area contributed by atoms with E-state index in [-0.39, 0.29) is 11.8 Å². The number of rotatable bonds is 5. The van der Waals surface area contributed by atoms with Crippen molar-refractivity contribution >= 4 is 11.8 Å². The molecule has 1 fully saturated rings. The number of aromatic nitrogens is 1. The van der Waals surface area contributed by atoms with Crippen molar-refractivity contribution in [2.75, 3.05) is 13.1 Å². The van der Waals surface area contributed by atoms with Gasteiger partial charge in [0.05, 0.1) is 0 Å². The van der Waals surface area contributed by atoms with Gasteiger partial charge in [-0.25, -0.2) is 0 Å². The summed E-state index contributed by atoms with van der Waals surface area (Å²) in [6.45, 7) is 3.82. The zero-order valence-corrected chi connectivity index (χ0v) is 15.1. The molecule has 0 unspecified atom stereocenters. The van der Waals surface area contributed by atoms with E-state index in [1.807, 2.05) is 41.3 Å². The van der Waals surface area contributed by atoms with Crippen molar-refractivity contribution in [3.8, 4) is 0 Å². The molecular formula is C21H25N3O2. The molecule has 0 saturated carbocycles. The number of hydrogen-bond acceptors (Lipinski definition) is 3. The van der Waals surface area contributed by atoms with Gasteiger partial charge < -0.3 is 10.2 Å². The van der Waals surface area contributed by atoms with Crippen LogP contribution in [0.2, 0.25) is 0 Å². The lowest BCUT2D eigenvalue weighted by atomic mass is 9.90. The van der Waals surface area contributed by atoms with Crippen molar-refractivity contribution in [3.05, 3.63) is 65.5 Å². The number of pyridine rings is 1. The molecule has 3 rings (SSSR count). The van der Waals surface area contributed by atoms with E-state index in [9.17, 15) is 9.59 Å². The second kappa shape index (κ2) is 8.61. The van der Waals surface area contributed by atoms with Crippen LogP contribution in [-0.2, 0) is 17.8 Å². The molecule has 26 heavy (non-hydrogen) atoms. The lowest BCUT2D eigenvalue weighted by molar-refractivity contribution is -0.130. The van der Waals surface area contributed by atoms with Crippen molar-refractivity contribution in [1.29, 1.82) is 0 Å². The summed E-state index contributed by atoms with van der Waals surface area (Å²) >= 11 is 0. The van der Waals surface area contributed by atoms with E-state index >= 15 is 0 Å². The van der Waals surface area contributed by atoms with E-state index < -0.39 is 0 Å². The van der Waals surface area contributed by atoms with Crippen molar-refractivity contribution in [1.82, 2.24) is 15.2 Å². The predicted octanol–water partition coefficient (Wildman–Crippen LogP) is 2.81. The molecular weight excluding hydrogens is 326 g/mol. The monoisotopic (exact) mass is 351 g/mol. The summed E-state index contributed by atoms with van der Waals surface area (Å²) < 4.78 is 0. The topological polar surface area (TPSA) is 62.3 Å². The average molecular weight is 351 g/mol. The van der Waals surface area contributed by atoms with Gasteiger partial charge in [0, 0.05) is 44.5 Å². The predicted molar refractivity (Wildman–Crippen MR) is 101 cm³/mol. The molecule has 1 aliphatic rings. The van der Waals surface area contributed by atoms with E-state index in [4.69, 9.17) is 0 Å². The molecule has 5 nitrogen and oxygen atoms in total. The fourth-order valence-electron chi connectivity index (χ4n) is 3.36. The Labute approximate surface area is 154 Å². The number of likely N-dealkylation sites (tertiary alicyclic amines) is 1. The van der Waals surface area contributed by atoms with Gasteiger partial charge in [0.25, 0.3) is 5.91 Å². The minimum atomic E-state index is -0.0739. The first-order valence-electron chi connectivity index (χ1n) is 9.13. The van der Waals surface area contributed by atoms with Crippen LogP contribution in [0.25, 0.3) is 0 Å². The van der Waals surface area contributed by atoms with Crippen molar-refractivity contribution in [2.24, 2.45) is 5.92 Å². The molecule has 1 saturated heterocycles. The number of piperidine rings is 1. The number of hydrogen-bond donors (Lipinski definition) is 1. The van der Waals surface area contributed by atoms with Crippen LogP contribution in [0, 0.1) is 5.92 Å². The van der Waals surface area contributed by atoms with E-state index in [0.29, 0.717) is 18.0 Å². The first-order valence-corrected chi connectivity index (χ1v) is 9.13. The van der Waals surface area contributed by atoms with Crippen molar-refractivity contribution < 1.29 is 9.59 Å². The highest BCUT2D eigenvalue weighted by atomic mass is 16.2. The number of amides is 2. The van der Waals surface area contributed by atoms with Crippen molar-refractivity contribution in [3.63, 3.8) is 0 Å². The third-order valence-corrected chi connectivity index (χ3v) is 4.98. The fourth-order valence-corrected chi connectivity index (χ4v) is 3.36. The summed E-state index contributed by atoms with van der Waals surface area (Å²) in [5, 5.41) is 2.92. The molecule has 1 aromatic carbocycles. The highest BCUT2D eigenvalue weighted by Gasteiger charge is 2.20. The Morgan fingerprint density at radius 3 is 2.46 bits per heavy atom. The van der Waals surface area contributed by atoms with Gasteiger partial charge >= 0.3 is 0 Å². The summed E-state index contributed by atoms with van der Waals surface area (Å²) in [6.07, 6.45) is 6.57. The van der Waals surface area contributed by atoms with E-state index in [1.165, 1.54) is 5.56 Å². The molecule has 2 aromatic rings. The highest BCUT2D eigenvalue weighted by molar-refractivity contribution is 5.94. The maximum absolute atomic E-state index is 12.3. The van der Waals surface area contributed by atoms with Crippen LogP contribution in [0.1, 0.15) is 41.3 Å². The molecule has 0 bridgehead atoms. The Balaban J connectivity index is 1.49. The number of carbonyl (C=O) groups is 2. The first-order chi connectivity index (χ1) is 12.6. The largest absolute Gasteiger partial charge is 0.348 e. The van der Waals surface area contributed by atoms with Crippen LogP contribution in [0.3, 0.4) is 0 Å². The minimum absolute atomic E-state index is 0.0739. The maximum Gasteiger partial charge on any atom is 0.251 e. The molecule has 5 heteroatoms. The lowest BCUT2D eigenvalue weighted by Gasteiger charge is -2.31. The van der Waals surface area contributed by atoms with Crippen LogP contribution in [-0.4, -0.2) is 34.8 Å². The van der Waals surface area contributed by atoms with Gasteiger partial charge in [0.2, 0.25) is 5.91 Å². The van der Waals surface area contributed by atoms with E-state index in [0.717, 1.165) is 37.9 Å². The van der Waals surface area contributed by atoms with Crippen LogP contribution >= 0.6 is 0 Å². The Hall–Kier alpha value is -2.69. The van der Waals surface area contributed by atoms with E-state index in [1.54, 1.807) is 19.3 Å². The summed E-state index contributed by atoms with van der Waals surface area (Å²) in [4.78, 5) is 29.6. The molecule has 2 heterocycles. The summed E-state index contributed by atoms with van der Waals surface area (Å²) in [6, 6.07) is 11.6. The molecule has 1 N–H and O–H groups in total. The normalized spacial score (nSPS) is 14.9. The molecule has 0 radical (unpaired) electrons. The summed E-state index contributed by atoms with van der Waals surface area (Å²) in [5.41, 5.74) is 2.90. The highest BCUT2D eigenvalue weighted by Crippen LogP contribution is 2.22. The van der Waals surface area contributed by atoms with Gasteiger partial charge in [-0.3, -0.25) is 14.6 Å². The molecule has 0 atom stereocenters. The average Bonchev–Trinajstić information content (AvgIpc) is 2.68. The molecule has 1 aromatic heterocycles. The molecule has 2 amide bonds. The SMILES string of the molecule is CC(=O)N1CCC(Cc2ccc(C(=O)NCc3cccnc3)cc2)CC1. The second-order valence-electron chi connectivity index (χ2n) is 6.89. The lowest BCUT2D eigenvalue weighted by Crippen LogP contribution is -2.37. The fraction of sp³-hybridized carbons (Fsp3) is 0.381. The minimum Gasteiger partial charge on any atom is -0.348 e. The van der Waals surface area contributed by atoms with E-state index in [2.05, 4.69) is 10.3 Å². The Bertz CT molecular complexity index is 736. The third kappa shape index (κ3) is 4.91. The first kappa shape index (κ1) is 18.1. The van der Waals surface area contributed by atoms with Gasteiger partial charge in [-0.2, -0.15) is 0 Å². The van der Waals surface area contributed by atoms with Crippen LogP contribution in [0.4, 0.5) is 0 Å². The number of nitrogens with zero attached hydrogens (tertiary/aromatic N) is 2. The Morgan fingerprint density at radius 1 is 1.12 bits per heavy atom. The van der Waals surface area contributed by atoms with Gasteiger partial charge in [0.15, 0.2) is 0 Å². The van der Waals surface area contributed by atoms with Gasteiger partial charge in [-0.1, -0.05) is 18.2 Å². The zero-order valence-electron chi connectivity index (χ0n) is 15.1. The third-order valence-electron chi connectivity index (χ3n) is 4.98. The molecule has 0 aliphatic carbocycles. The molecule has 136 valence electrons. The Kier molecular flexibility index (Phi) is 6.00. The van der Waals surface area contributed by atoms with Gasteiger partial charge in [-0.05, 0) is 54.5 Å². The van der Waals surface area contributed by atoms with Crippen LogP contribution < -0.4 is 5.32 Å². The quantitative estimate of drug-likeness (QED) is 0.901. The summed E-state index contributed by atoms with van der Waals surface area (Å²) in [5.74, 6) is 0.705. The summed E-state index contributed by atoms with van der Waals surface area (Å²) in [7, 11) is 0. The maximum atomic E-state index is 12.3. The van der Waals surface area contributed by atoms with Gasteiger partial charge in [0.1, 0.15) is 0 Å². The number of carbonyl (C=O) groups excluding carboxylic acids is 2. The Morgan fingerprint density at radius 2 is 1.85 bits per heavy atom. The van der Waals surface area contributed by atoms with Crippen molar-refractivity contribution in [2.45, 2.75) is 32.7 Å². The van der Waals surface area contributed by atoms with Crippen LogP contribution in [0.15, 0.2) is 48.8 Å². The van der Waals surface area contributed by atoms with Crippen LogP contribution in [0.5, 0.6) is 0 Å². The standard InChI is InChI=1S/C21H25N3O2/c1-16(25)24-11-8-18(9-12-24)13-17-4-6-20(7-5-17)21(26)23-15-19-3-2-10-22-14-19/h2-7,10,14,18H,8-9,11-13,15H2,1H3,(H,23,26). The number of benzene rings is 1. The zero-order chi connectivity index (χ0) is 18.4.